The minimum Gasteiger partial charge on any atom is -0.391 e. The van der Waals surface area contributed by atoms with Gasteiger partial charge < -0.3 is 15.0 Å². The van der Waals surface area contributed by atoms with Crippen molar-refractivity contribution in [1.82, 2.24) is 9.88 Å². The minimum absolute atomic E-state index is 0.0691. The molecule has 0 aliphatic carbocycles. The normalized spacial score (nSPS) is 19.5. The molecule has 1 aliphatic heterocycles. The van der Waals surface area contributed by atoms with Crippen LogP contribution in [0, 0.1) is 0 Å². The lowest BCUT2D eigenvalue weighted by Gasteiger charge is -2.30. The molecule has 2 aromatic rings. The second-order valence-corrected chi connectivity index (χ2v) is 5.75. The minimum atomic E-state index is -0.380. The maximum atomic E-state index is 12.3. The number of aromatic nitrogens is 1. The summed E-state index contributed by atoms with van der Waals surface area (Å²) in [6.45, 7) is 1.19. The van der Waals surface area contributed by atoms with Crippen LogP contribution in [0.3, 0.4) is 0 Å². The quantitative estimate of drug-likeness (QED) is 0.893. The number of likely N-dealkylation sites (tertiary alicyclic amines) is 1. The Morgan fingerprint density at radius 3 is 3.15 bits per heavy atom. The van der Waals surface area contributed by atoms with Crippen LogP contribution >= 0.6 is 11.6 Å². The van der Waals surface area contributed by atoms with Gasteiger partial charge in [0.2, 0.25) is 5.91 Å². The highest BCUT2D eigenvalue weighted by Gasteiger charge is 2.22. The molecule has 0 bridgehead atoms. The molecule has 3 rings (SSSR count). The molecule has 1 aromatic heterocycles. The number of aliphatic hydroxyl groups excluding tert-OH is 1. The van der Waals surface area contributed by atoms with Crippen molar-refractivity contribution in [1.29, 1.82) is 0 Å². The number of halogens is 1. The molecule has 1 unspecified atom stereocenters. The van der Waals surface area contributed by atoms with Crippen LogP contribution in [0.4, 0.5) is 0 Å². The summed E-state index contributed by atoms with van der Waals surface area (Å²) in [6.07, 6.45) is 3.49. The topological polar surface area (TPSA) is 56.3 Å². The molecule has 106 valence electrons. The van der Waals surface area contributed by atoms with Crippen LogP contribution in [0.1, 0.15) is 18.4 Å². The highest BCUT2D eigenvalue weighted by Crippen LogP contribution is 2.23. The summed E-state index contributed by atoms with van der Waals surface area (Å²) in [4.78, 5) is 17.2. The second-order valence-electron chi connectivity index (χ2n) is 5.32. The smallest absolute Gasteiger partial charge is 0.227 e. The van der Waals surface area contributed by atoms with Gasteiger partial charge in [0.05, 0.1) is 12.5 Å². The van der Waals surface area contributed by atoms with Crippen LogP contribution in [-0.2, 0) is 11.2 Å². The summed E-state index contributed by atoms with van der Waals surface area (Å²) in [5.74, 6) is 0.0691. The van der Waals surface area contributed by atoms with E-state index in [-0.39, 0.29) is 12.0 Å². The number of aromatic amines is 1. The lowest BCUT2D eigenvalue weighted by atomic mass is 10.1. The number of aliphatic hydroxyl groups is 1. The van der Waals surface area contributed by atoms with Crippen LogP contribution < -0.4 is 0 Å². The number of rotatable bonds is 2. The fourth-order valence-corrected chi connectivity index (χ4v) is 2.93. The number of amides is 1. The molecule has 0 spiro atoms. The molecule has 1 amide bonds. The summed E-state index contributed by atoms with van der Waals surface area (Å²) in [5, 5.41) is 11.3. The number of hydrogen-bond acceptors (Lipinski definition) is 2. The van der Waals surface area contributed by atoms with Crippen molar-refractivity contribution in [3.05, 3.63) is 35.0 Å². The number of β-amino-alcohol motifs (C(OH)–C–C–N with tert-alkyl or cyclic N) is 1. The predicted molar refractivity (Wildman–Crippen MR) is 78.8 cm³/mol. The van der Waals surface area contributed by atoms with Gasteiger partial charge in [0.1, 0.15) is 0 Å². The van der Waals surface area contributed by atoms with Gasteiger partial charge in [-0.05, 0) is 30.5 Å². The zero-order valence-electron chi connectivity index (χ0n) is 11.1. The molecule has 1 fully saturated rings. The molecule has 0 saturated carbocycles. The van der Waals surface area contributed by atoms with E-state index in [1.165, 1.54) is 0 Å². The largest absolute Gasteiger partial charge is 0.391 e. The molecule has 2 heterocycles. The zero-order chi connectivity index (χ0) is 14.1. The fraction of sp³-hybridized carbons (Fsp3) is 0.400. The molecule has 1 aromatic carbocycles. The van der Waals surface area contributed by atoms with Crippen molar-refractivity contribution in [3.63, 3.8) is 0 Å². The molecular weight excluding hydrogens is 276 g/mol. The Hall–Kier alpha value is -1.52. The average Bonchev–Trinajstić information content (AvgIpc) is 2.81. The van der Waals surface area contributed by atoms with E-state index in [4.69, 9.17) is 11.6 Å². The monoisotopic (exact) mass is 292 g/mol. The number of piperidine rings is 1. The van der Waals surface area contributed by atoms with Gasteiger partial charge in [-0.1, -0.05) is 17.7 Å². The van der Waals surface area contributed by atoms with Gasteiger partial charge >= 0.3 is 0 Å². The molecular formula is C15H17ClN2O2. The summed E-state index contributed by atoms with van der Waals surface area (Å²) >= 11 is 5.95. The van der Waals surface area contributed by atoms with Crippen molar-refractivity contribution in [3.8, 4) is 0 Å². The first-order chi connectivity index (χ1) is 9.63. The number of H-pyrrole nitrogens is 1. The molecule has 5 heteroatoms. The van der Waals surface area contributed by atoms with Gasteiger partial charge in [-0.2, -0.15) is 0 Å². The van der Waals surface area contributed by atoms with Crippen molar-refractivity contribution >= 4 is 28.4 Å². The Kier molecular flexibility index (Phi) is 3.68. The van der Waals surface area contributed by atoms with Crippen molar-refractivity contribution < 1.29 is 9.90 Å². The van der Waals surface area contributed by atoms with Gasteiger partial charge in [0.15, 0.2) is 0 Å². The van der Waals surface area contributed by atoms with E-state index in [1.807, 2.05) is 24.4 Å². The zero-order valence-corrected chi connectivity index (χ0v) is 11.9. The van der Waals surface area contributed by atoms with E-state index in [1.54, 1.807) is 4.90 Å². The second kappa shape index (κ2) is 5.46. The first kappa shape index (κ1) is 13.5. The van der Waals surface area contributed by atoms with E-state index in [9.17, 15) is 9.90 Å². The number of carbonyl (C=O) groups excluding carboxylic acids is 1. The van der Waals surface area contributed by atoms with Crippen LogP contribution in [-0.4, -0.2) is 40.1 Å². The third-order valence-electron chi connectivity index (χ3n) is 3.82. The highest BCUT2D eigenvalue weighted by atomic mass is 35.5. The number of fused-ring (bicyclic) bond motifs is 1. The van der Waals surface area contributed by atoms with Gasteiger partial charge in [-0.15, -0.1) is 0 Å². The Balaban J connectivity index is 1.77. The third kappa shape index (κ3) is 2.67. The molecule has 1 saturated heterocycles. The highest BCUT2D eigenvalue weighted by molar-refractivity contribution is 6.31. The van der Waals surface area contributed by atoms with Crippen LogP contribution in [0.2, 0.25) is 5.02 Å². The lowest BCUT2D eigenvalue weighted by Crippen LogP contribution is -2.42. The summed E-state index contributed by atoms with van der Waals surface area (Å²) in [6, 6.07) is 5.62. The van der Waals surface area contributed by atoms with Crippen molar-refractivity contribution in [2.75, 3.05) is 13.1 Å². The van der Waals surface area contributed by atoms with Gasteiger partial charge in [-0.3, -0.25) is 4.79 Å². The van der Waals surface area contributed by atoms with E-state index in [0.29, 0.717) is 18.0 Å². The van der Waals surface area contributed by atoms with E-state index >= 15 is 0 Å². The summed E-state index contributed by atoms with van der Waals surface area (Å²) in [5.41, 5.74) is 1.92. The molecule has 1 atom stereocenters. The molecule has 2 N–H and O–H groups in total. The number of nitrogens with one attached hydrogen (secondary N) is 1. The van der Waals surface area contributed by atoms with Crippen LogP contribution in [0.15, 0.2) is 24.4 Å². The van der Waals surface area contributed by atoms with Crippen molar-refractivity contribution in [2.45, 2.75) is 25.4 Å². The first-order valence-electron chi connectivity index (χ1n) is 6.85. The van der Waals surface area contributed by atoms with E-state index in [2.05, 4.69) is 4.98 Å². The standard InChI is InChI=1S/C15H17ClN2O2/c16-11-3-4-13-10(8-17-14(13)7-11)6-15(20)18-5-1-2-12(19)9-18/h3-4,7-8,12,17,19H,1-2,5-6,9H2. The number of benzene rings is 1. The molecule has 4 nitrogen and oxygen atoms in total. The SMILES string of the molecule is O=C(Cc1c[nH]c2cc(Cl)ccc12)N1CCCC(O)C1. The Bertz CT molecular complexity index is 638. The Morgan fingerprint density at radius 1 is 1.50 bits per heavy atom. The van der Waals surface area contributed by atoms with Gasteiger partial charge in [0.25, 0.3) is 0 Å². The summed E-state index contributed by atoms with van der Waals surface area (Å²) in [7, 11) is 0. The Labute approximate surface area is 122 Å². The first-order valence-corrected chi connectivity index (χ1v) is 7.22. The number of hydrogen-bond donors (Lipinski definition) is 2. The lowest BCUT2D eigenvalue weighted by molar-refractivity contribution is -0.133. The van der Waals surface area contributed by atoms with E-state index in [0.717, 1.165) is 35.9 Å². The maximum Gasteiger partial charge on any atom is 0.227 e. The van der Waals surface area contributed by atoms with Gasteiger partial charge in [-0.25, -0.2) is 0 Å². The molecule has 1 aliphatic rings. The molecule has 20 heavy (non-hydrogen) atoms. The summed E-state index contributed by atoms with van der Waals surface area (Å²) < 4.78 is 0. The molecule has 0 radical (unpaired) electrons. The van der Waals surface area contributed by atoms with E-state index < -0.39 is 0 Å². The van der Waals surface area contributed by atoms with Crippen LogP contribution in [0.5, 0.6) is 0 Å². The Morgan fingerprint density at radius 2 is 2.35 bits per heavy atom. The maximum absolute atomic E-state index is 12.3. The third-order valence-corrected chi connectivity index (χ3v) is 4.06. The van der Waals surface area contributed by atoms with Crippen LogP contribution in [0.25, 0.3) is 10.9 Å². The average molecular weight is 293 g/mol. The number of nitrogens with zero attached hydrogens (tertiary/aromatic N) is 1. The fourth-order valence-electron chi connectivity index (χ4n) is 2.76. The van der Waals surface area contributed by atoms with Gasteiger partial charge in [0, 0.05) is 35.2 Å². The number of carbonyl (C=O) groups is 1. The van der Waals surface area contributed by atoms with Crippen molar-refractivity contribution in [2.24, 2.45) is 0 Å². The predicted octanol–water partition coefficient (Wildman–Crippen LogP) is 2.35.